The average Bonchev–Trinajstić information content (AvgIpc) is 2.98. The molecule has 0 aliphatic carbocycles. The van der Waals surface area contributed by atoms with Gasteiger partial charge in [-0.3, -0.25) is 4.79 Å². The highest BCUT2D eigenvalue weighted by atomic mass is 32.1. The third kappa shape index (κ3) is 3.79. The molecule has 2 rings (SSSR count). The van der Waals surface area contributed by atoms with E-state index in [1.165, 1.54) is 10.4 Å². The Morgan fingerprint density at radius 2 is 2.08 bits per heavy atom. The number of carbonyl (C=O) groups excluding carboxylic acids is 1. The molecule has 4 nitrogen and oxygen atoms in total. The van der Waals surface area contributed by atoms with Crippen molar-refractivity contribution in [2.75, 3.05) is 21.3 Å². The number of hydrogen-bond acceptors (Lipinski definition) is 4. The van der Waals surface area contributed by atoms with Crippen molar-refractivity contribution in [1.29, 1.82) is 0 Å². The SMILES string of the molecule is C=CCc1cc(C(=O)N(C)Cc2sccc2C)cc(OC)c1OC. The molecule has 1 amide bonds. The molecule has 0 aliphatic rings. The number of benzene rings is 1. The van der Waals surface area contributed by atoms with Gasteiger partial charge in [0.05, 0.1) is 20.8 Å². The first-order valence-corrected chi connectivity index (χ1v) is 8.54. The Kier molecular flexibility index (Phi) is 6.04. The molecule has 2 aromatic rings. The fourth-order valence-electron chi connectivity index (χ4n) is 2.55. The van der Waals surface area contributed by atoms with E-state index >= 15 is 0 Å². The quantitative estimate of drug-likeness (QED) is 0.710. The lowest BCUT2D eigenvalue weighted by molar-refractivity contribution is 0.0785. The van der Waals surface area contributed by atoms with E-state index < -0.39 is 0 Å². The second-order valence-electron chi connectivity index (χ2n) is 5.55. The predicted molar refractivity (Wildman–Crippen MR) is 98.3 cm³/mol. The highest BCUT2D eigenvalue weighted by Gasteiger charge is 2.19. The Morgan fingerprint density at radius 1 is 1.33 bits per heavy atom. The number of rotatable bonds is 7. The minimum absolute atomic E-state index is 0.0472. The van der Waals surface area contributed by atoms with Gasteiger partial charge in [-0.1, -0.05) is 6.08 Å². The first-order chi connectivity index (χ1) is 11.5. The highest BCUT2D eigenvalue weighted by Crippen LogP contribution is 2.33. The molecule has 0 radical (unpaired) electrons. The number of ether oxygens (including phenoxy) is 2. The van der Waals surface area contributed by atoms with Crippen LogP contribution in [0.15, 0.2) is 36.2 Å². The fraction of sp³-hybridized carbons (Fsp3) is 0.316. The van der Waals surface area contributed by atoms with E-state index in [0.717, 1.165) is 5.56 Å². The van der Waals surface area contributed by atoms with Gasteiger partial charge in [0.1, 0.15) is 0 Å². The topological polar surface area (TPSA) is 38.8 Å². The van der Waals surface area contributed by atoms with Gasteiger partial charge >= 0.3 is 0 Å². The van der Waals surface area contributed by atoms with Crippen molar-refractivity contribution in [2.45, 2.75) is 19.9 Å². The summed E-state index contributed by atoms with van der Waals surface area (Å²) in [4.78, 5) is 15.7. The molecule has 1 heterocycles. The minimum atomic E-state index is -0.0472. The second-order valence-corrected chi connectivity index (χ2v) is 6.55. The summed E-state index contributed by atoms with van der Waals surface area (Å²) in [5, 5.41) is 2.04. The number of thiophene rings is 1. The van der Waals surface area contributed by atoms with Crippen molar-refractivity contribution in [1.82, 2.24) is 4.90 Å². The van der Waals surface area contributed by atoms with Crippen LogP contribution in [0.1, 0.15) is 26.4 Å². The van der Waals surface area contributed by atoms with Gasteiger partial charge in [-0.25, -0.2) is 0 Å². The van der Waals surface area contributed by atoms with E-state index in [2.05, 4.69) is 19.6 Å². The first kappa shape index (κ1) is 18.1. The lowest BCUT2D eigenvalue weighted by Crippen LogP contribution is -2.26. The first-order valence-electron chi connectivity index (χ1n) is 7.66. The molecule has 0 atom stereocenters. The summed E-state index contributed by atoms with van der Waals surface area (Å²) < 4.78 is 10.8. The Morgan fingerprint density at radius 3 is 2.62 bits per heavy atom. The van der Waals surface area contributed by atoms with Gasteiger partial charge in [0.25, 0.3) is 5.91 Å². The molecule has 0 N–H and O–H groups in total. The third-order valence-electron chi connectivity index (χ3n) is 3.86. The summed E-state index contributed by atoms with van der Waals surface area (Å²) in [6, 6.07) is 5.64. The van der Waals surface area contributed by atoms with Crippen molar-refractivity contribution < 1.29 is 14.3 Å². The van der Waals surface area contributed by atoms with Crippen LogP contribution < -0.4 is 9.47 Å². The molecule has 128 valence electrons. The van der Waals surface area contributed by atoms with Crippen LogP contribution >= 0.6 is 11.3 Å². The van der Waals surface area contributed by atoms with Crippen LogP contribution in [0.4, 0.5) is 0 Å². The van der Waals surface area contributed by atoms with Crippen molar-refractivity contribution in [3.8, 4) is 11.5 Å². The number of nitrogens with zero attached hydrogens (tertiary/aromatic N) is 1. The molecule has 0 unspecified atom stereocenters. The third-order valence-corrected chi connectivity index (χ3v) is 4.87. The highest BCUT2D eigenvalue weighted by molar-refractivity contribution is 7.10. The Hall–Kier alpha value is -2.27. The number of methoxy groups -OCH3 is 2. The van der Waals surface area contributed by atoms with Crippen LogP contribution in [-0.2, 0) is 13.0 Å². The largest absolute Gasteiger partial charge is 0.493 e. The summed E-state index contributed by atoms with van der Waals surface area (Å²) in [6.45, 7) is 6.41. The van der Waals surface area contributed by atoms with Crippen molar-refractivity contribution in [3.63, 3.8) is 0 Å². The lowest BCUT2D eigenvalue weighted by Gasteiger charge is -2.19. The number of allylic oxidation sites excluding steroid dienone is 1. The van der Waals surface area contributed by atoms with Gasteiger partial charge in [-0.15, -0.1) is 17.9 Å². The van der Waals surface area contributed by atoms with Crippen LogP contribution in [0.3, 0.4) is 0 Å². The van der Waals surface area contributed by atoms with E-state index in [1.54, 1.807) is 42.6 Å². The van der Waals surface area contributed by atoms with Gasteiger partial charge in [-0.05, 0) is 42.5 Å². The van der Waals surface area contributed by atoms with E-state index in [0.29, 0.717) is 30.0 Å². The number of hydrogen-bond donors (Lipinski definition) is 0. The number of amides is 1. The molecular weight excluding hydrogens is 322 g/mol. The van der Waals surface area contributed by atoms with Gasteiger partial charge in [0, 0.05) is 23.1 Å². The summed E-state index contributed by atoms with van der Waals surface area (Å²) >= 11 is 1.66. The smallest absolute Gasteiger partial charge is 0.254 e. The van der Waals surface area contributed by atoms with Crippen molar-refractivity contribution >= 4 is 17.2 Å². The number of aryl methyl sites for hydroxylation is 1. The fourth-order valence-corrected chi connectivity index (χ4v) is 3.51. The zero-order valence-electron chi connectivity index (χ0n) is 14.6. The molecule has 5 heteroatoms. The van der Waals surface area contributed by atoms with Gasteiger partial charge in [-0.2, -0.15) is 0 Å². The van der Waals surface area contributed by atoms with E-state index in [-0.39, 0.29) is 5.91 Å². The van der Waals surface area contributed by atoms with E-state index in [9.17, 15) is 4.79 Å². The maximum Gasteiger partial charge on any atom is 0.254 e. The lowest BCUT2D eigenvalue weighted by atomic mass is 10.0. The molecule has 0 fully saturated rings. The Balaban J connectivity index is 2.32. The van der Waals surface area contributed by atoms with Crippen LogP contribution in [0.25, 0.3) is 0 Å². The molecule has 24 heavy (non-hydrogen) atoms. The standard InChI is InChI=1S/C19H23NO3S/c1-6-7-14-10-15(11-16(22-4)18(14)23-5)19(21)20(3)12-17-13(2)8-9-24-17/h6,8-11H,1,7,12H2,2-5H3. The normalized spacial score (nSPS) is 10.3. The second kappa shape index (κ2) is 8.02. The minimum Gasteiger partial charge on any atom is -0.493 e. The molecule has 1 aromatic carbocycles. The molecule has 0 saturated carbocycles. The molecule has 0 bridgehead atoms. The van der Waals surface area contributed by atoms with Gasteiger partial charge in [0.15, 0.2) is 11.5 Å². The summed E-state index contributed by atoms with van der Waals surface area (Å²) in [5.74, 6) is 1.15. The number of carbonyl (C=O) groups is 1. The van der Waals surface area contributed by atoms with E-state index in [4.69, 9.17) is 9.47 Å². The average molecular weight is 345 g/mol. The van der Waals surface area contributed by atoms with E-state index in [1.807, 2.05) is 18.5 Å². The summed E-state index contributed by atoms with van der Waals surface area (Å²) in [5.41, 5.74) is 2.68. The van der Waals surface area contributed by atoms with Gasteiger partial charge in [0.2, 0.25) is 0 Å². The molecular formula is C19H23NO3S. The molecule has 0 aliphatic heterocycles. The molecule has 0 saturated heterocycles. The zero-order chi connectivity index (χ0) is 17.7. The van der Waals surface area contributed by atoms with Crippen LogP contribution in [0.5, 0.6) is 11.5 Å². The van der Waals surface area contributed by atoms with Crippen LogP contribution in [-0.4, -0.2) is 32.1 Å². The van der Waals surface area contributed by atoms with Crippen molar-refractivity contribution in [3.05, 3.63) is 57.8 Å². The monoisotopic (exact) mass is 345 g/mol. The van der Waals surface area contributed by atoms with Crippen LogP contribution in [0, 0.1) is 6.92 Å². The van der Waals surface area contributed by atoms with Gasteiger partial charge < -0.3 is 14.4 Å². The molecule has 1 aromatic heterocycles. The Labute approximate surface area is 147 Å². The summed E-state index contributed by atoms with van der Waals surface area (Å²) in [7, 11) is 4.98. The maximum absolute atomic E-state index is 12.8. The maximum atomic E-state index is 12.8. The van der Waals surface area contributed by atoms with Crippen molar-refractivity contribution in [2.24, 2.45) is 0 Å². The summed E-state index contributed by atoms with van der Waals surface area (Å²) in [6.07, 6.45) is 2.39. The molecule has 0 spiro atoms. The van der Waals surface area contributed by atoms with Crippen LogP contribution in [0.2, 0.25) is 0 Å². The zero-order valence-corrected chi connectivity index (χ0v) is 15.4. The predicted octanol–water partition coefficient (Wildman–Crippen LogP) is 4.07. The Bertz CT molecular complexity index is 736.